The average molecular weight is 249 g/mol. The first-order chi connectivity index (χ1) is 8.47. The van der Waals surface area contributed by atoms with E-state index in [9.17, 15) is 5.11 Å². The van der Waals surface area contributed by atoms with Crippen molar-refractivity contribution in [3.63, 3.8) is 0 Å². The van der Waals surface area contributed by atoms with Gasteiger partial charge in [-0.3, -0.25) is 4.90 Å². The predicted octanol–water partition coefficient (Wildman–Crippen LogP) is 2.60. The molecule has 0 aromatic heterocycles. The molecule has 1 aliphatic heterocycles. The Morgan fingerprint density at radius 2 is 2.06 bits per heavy atom. The van der Waals surface area contributed by atoms with Gasteiger partial charge in [0.15, 0.2) is 0 Å². The number of benzene rings is 1. The third kappa shape index (κ3) is 2.25. The molecule has 0 saturated carbocycles. The SMILES string of the molecule is CCC(C)(C)N(C)C1COc2ccccc2C1O. The van der Waals surface area contributed by atoms with Gasteiger partial charge in [-0.25, -0.2) is 0 Å². The zero-order chi connectivity index (χ0) is 13.3. The van der Waals surface area contributed by atoms with Gasteiger partial charge in [-0.15, -0.1) is 0 Å². The van der Waals surface area contributed by atoms with Crippen LogP contribution in [-0.2, 0) is 0 Å². The normalized spacial score (nSPS) is 23.7. The molecular weight excluding hydrogens is 226 g/mol. The van der Waals surface area contributed by atoms with E-state index in [1.165, 1.54) is 0 Å². The summed E-state index contributed by atoms with van der Waals surface area (Å²) in [4.78, 5) is 2.23. The van der Waals surface area contributed by atoms with Gasteiger partial charge in [0.05, 0.1) is 6.04 Å². The van der Waals surface area contributed by atoms with Gasteiger partial charge >= 0.3 is 0 Å². The zero-order valence-corrected chi connectivity index (χ0v) is 11.7. The Balaban J connectivity index is 2.24. The van der Waals surface area contributed by atoms with E-state index in [4.69, 9.17) is 4.74 Å². The molecule has 0 spiro atoms. The summed E-state index contributed by atoms with van der Waals surface area (Å²) in [7, 11) is 2.06. The van der Waals surface area contributed by atoms with Gasteiger partial charge in [0.2, 0.25) is 0 Å². The number of rotatable bonds is 3. The van der Waals surface area contributed by atoms with Gasteiger partial charge < -0.3 is 9.84 Å². The van der Waals surface area contributed by atoms with E-state index in [0.29, 0.717) is 6.61 Å². The Labute approximate surface area is 109 Å². The van der Waals surface area contributed by atoms with Crippen LogP contribution in [0.4, 0.5) is 0 Å². The second-order valence-electron chi connectivity index (χ2n) is 5.64. The molecular formula is C15H23NO2. The van der Waals surface area contributed by atoms with Gasteiger partial charge in [0, 0.05) is 11.1 Å². The summed E-state index contributed by atoms with van der Waals surface area (Å²) < 4.78 is 5.77. The van der Waals surface area contributed by atoms with Crippen LogP contribution in [0.2, 0.25) is 0 Å². The molecule has 1 N–H and O–H groups in total. The molecule has 100 valence electrons. The number of aliphatic hydroxyl groups excluding tert-OH is 1. The van der Waals surface area contributed by atoms with E-state index < -0.39 is 6.10 Å². The van der Waals surface area contributed by atoms with Crippen LogP contribution < -0.4 is 4.74 Å². The van der Waals surface area contributed by atoms with Crippen molar-refractivity contribution in [1.82, 2.24) is 4.90 Å². The molecule has 0 fully saturated rings. The zero-order valence-electron chi connectivity index (χ0n) is 11.7. The van der Waals surface area contributed by atoms with Crippen molar-refractivity contribution in [2.24, 2.45) is 0 Å². The van der Waals surface area contributed by atoms with Gasteiger partial charge in [-0.05, 0) is 33.4 Å². The highest BCUT2D eigenvalue weighted by atomic mass is 16.5. The van der Waals surface area contributed by atoms with E-state index >= 15 is 0 Å². The minimum atomic E-state index is -0.481. The first-order valence-corrected chi connectivity index (χ1v) is 6.60. The first kappa shape index (κ1) is 13.4. The van der Waals surface area contributed by atoms with Crippen LogP contribution >= 0.6 is 0 Å². The van der Waals surface area contributed by atoms with Gasteiger partial charge in [-0.1, -0.05) is 25.1 Å². The molecule has 3 nitrogen and oxygen atoms in total. The lowest BCUT2D eigenvalue weighted by molar-refractivity contribution is -0.0276. The molecule has 1 aliphatic rings. The van der Waals surface area contributed by atoms with Crippen molar-refractivity contribution in [3.05, 3.63) is 29.8 Å². The predicted molar refractivity (Wildman–Crippen MR) is 72.8 cm³/mol. The monoisotopic (exact) mass is 249 g/mol. The van der Waals surface area contributed by atoms with Gasteiger partial charge in [-0.2, -0.15) is 0 Å². The van der Waals surface area contributed by atoms with Crippen LogP contribution in [-0.4, -0.2) is 35.2 Å². The van der Waals surface area contributed by atoms with Crippen molar-refractivity contribution in [1.29, 1.82) is 0 Å². The number of likely N-dealkylation sites (N-methyl/N-ethyl adjacent to an activating group) is 1. The first-order valence-electron chi connectivity index (χ1n) is 6.60. The summed E-state index contributed by atoms with van der Waals surface area (Å²) in [5.74, 6) is 0.809. The highest BCUT2D eigenvalue weighted by Gasteiger charge is 2.37. The average Bonchev–Trinajstić information content (AvgIpc) is 2.39. The molecule has 1 aromatic carbocycles. The molecule has 2 unspecified atom stereocenters. The molecule has 1 heterocycles. The van der Waals surface area contributed by atoms with Crippen LogP contribution in [0.25, 0.3) is 0 Å². The van der Waals surface area contributed by atoms with Crippen LogP contribution in [0.15, 0.2) is 24.3 Å². The number of para-hydroxylation sites is 1. The molecule has 0 amide bonds. The molecule has 18 heavy (non-hydrogen) atoms. The second-order valence-corrected chi connectivity index (χ2v) is 5.64. The molecule has 1 aromatic rings. The minimum Gasteiger partial charge on any atom is -0.491 e. The third-order valence-electron chi connectivity index (χ3n) is 4.33. The van der Waals surface area contributed by atoms with Crippen LogP contribution in [0.3, 0.4) is 0 Å². The van der Waals surface area contributed by atoms with Crippen LogP contribution in [0.5, 0.6) is 5.75 Å². The summed E-state index contributed by atoms with van der Waals surface area (Å²) in [6.07, 6.45) is 0.555. The van der Waals surface area contributed by atoms with Crippen molar-refractivity contribution in [2.75, 3.05) is 13.7 Å². The number of aliphatic hydroxyl groups is 1. The van der Waals surface area contributed by atoms with E-state index in [1.54, 1.807) is 0 Å². The smallest absolute Gasteiger partial charge is 0.125 e. The van der Waals surface area contributed by atoms with E-state index in [0.717, 1.165) is 17.7 Å². The number of ether oxygens (including phenoxy) is 1. The molecule has 0 bridgehead atoms. The quantitative estimate of drug-likeness (QED) is 0.893. The van der Waals surface area contributed by atoms with Crippen LogP contribution in [0.1, 0.15) is 38.9 Å². The molecule has 2 atom stereocenters. The Morgan fingerprint density at radius 3 is 2.72 bits per heavy atom. The van der Waals surface area contributed by atoms with E-state index in [-0.39, 0.29) is 11.6 Å². The fourth-order valence-electron chi connectivity index (χ4n) is 2.35. The van der Waals surface area contributed by atoms with Gasteiger partial charge in [0.25, 0.3) is 0 Å². The maximum atomic E-state index is 10.5. The lowest BCUT2D eigenvalue weighted by Gasteiger charge is -2.44. The molecule has 2 rings (SSSR count). The van der Waals surface area contributed by atoms with Crippen molar-refractivity contribution >= 4 is 0 Å². The number of fused-ring (bicyclic) bond motifs is 1. The Morgan fingerprint density at radius 1 is 1.39 bits per heavy atom. The molecule has 0 saturated heterocycles. The Hall–Kier alpha value is -1.06. The summed E-state index contributed by atoms with van der Waals surface area (Å²) in [6, 6.07) is 7.75. The summed E-state index contributed by atoms with van der Waals surface area (Å²) >= 11 is 0. The molecule has 3 heteroatoms. The Kier molecular flexibility index (Phi) is 3.64. The second kappa shape index (κ2) is 4.90. The van der Waals surface area contributed by atoms with Crippen molar-refractivity contribution < 1.29 is 9.84 Å². The topological polar surface area (TPSA) is 32.7 Å². The van der Waals surface area contributed by atoms with E-state index in [2.05, 4.69) is 32.7 Å². The highest BCUT2D eigenvalue weighted by Crippen LogP contribution is 2.35. The summed E-state index contributed by atoms with van der Waals surface area (Å²) in [6.45, 7) is 7.10. The van der Waals surface area contributed by atoms with Crippen molar-refractivity contribution in [3.8, 4) is 5.75 Å². The largest absolute Gasteiger partial charge is 0.491 e. The number of hydrogen-bond acceptors (Lipinski definition) is 3. The number of nitrogens with zero attached hydrogens (tertiary/aromatic N) is 1. The summed E-state index contributed by atoms with van der Waals surface area (Å²) in [5, 5.41) is 10.5. The fraction of sp³-hybridized carbons (Fsp3) is 0.600. The lowest BCUT2D eigenvalue weighted by atomic mass is 9.92. The Bertz CT molecular complexity index is 417. The maximum absolute atomic E-state index is 10.5. The third-order valence-corrected chi connectivity index (χ3v) is 4.33. The van der Waals surface area contributed by atoms with E-state index in [1.807, 2.05) is 24.3 Å². The molecule has 0 radical (unpaired) electrons. The standard InChI is InChI=1S/C15H23NO2/c1-5-15(2,3)16(4)12-10-18-13-9-7-6-8-11(13)14(12)17/h6-9,12,14,17H,5,10H2,1-4H3. The molecule has 0 aliphatic carbocycles. The minimum absolute atomic E-state index is 0.00912. The fourth-order valence-corrected chi connectivity index (χ4v) is 2.35. The maximum Gasteiger partial charge on any atom is 0.125 e. The number of hydrogen-bond donors (Lipinski definition) is 1. The van der Waals surface area contributed by atoms with Crippen LogP contribution in [0, 0.1) is 0 Å². The van der Waals surface area contributed by atoms with Gasteiger partial charge in [0.1, 0.15) is 18.5 Å². The highest BCUT2D eigenvalue weighted by molar-refractivity contribution is 5.37. The van der Waals surface area contributed by atoms with Crippen molar-refractivity contribution in [2.45, 2.75) is 44.9 Å². The summed E-state index contributed by atoms with van der Waals surface area (Å²) in [5.41, 5.74) is 0.953. The lowest BCUT2D eigenvalue weighted by Crippen LogP contribution is -2.53.